The number of aromatic nitrogens is 1. The van der Waals surface area contributed by atoms with Gasteiger partial charge in [0.1, 0.15) is 5.82 Å². The molecule has 0 saturated heterocycles. The smallest absolute Gasteiger partial charge is 0.218 e. The standard InChI is InChI=1S/C10H15FN2O/c1-7(2)6-14-10-8(4-12)3-9(11)5-13-10/h3,5,7H,4,6,12H2,1-2H3. The van der Waals surface area contributed by atoms with Gasteiger partial charge in [0.25, 0.3) is 0 Å². The van der Waals surface area contributed by atoms with Crippen LogP contribution >= 0.6 is 0 Å². The monoisotopic (exact) mass is 198 g/mol. The lowest BCUT2D eigenvalue weighted by atomic mass is 10.2. The molecule has 78 valence electrons. The Hall–Kier alpha value is -1.16. The molecule has 0 aliphatic heterocycles. The van der Waals surface area contributed by atoms with Crippen LogP contribution in [0.1, 0.15) is 19.4 Å². The van der Waals surface area contributed by atoms with E-state index in [1.807, 2.05) is 13.8 Å². The van der Waals surface area contributed by atoms with E-state index in [1.54, 1.807) is 0 Å². The van der Waals surface area contributed by atoms with Gasteiger partial charge >= 0.3 is 0 Å². The van der Waals surface area contributed by atoms with Crippen molar-refractivity contribution >= 4 is 0 Å². The van der Waals surface area contributed by atoms with Gasteiger partial charge in [0, 0.05) is 12.1 Å². The second-order valence-corrected chi connectivity index (χ2v) is 3.53. The summed E-state index contributed by atoms with van der Waals surface area (Å²) in [4.78, 5) is 3.84. The Morgan fingerprint density at radius 1 is 1.57 bits per heavy atom. The lowest BCUT2D eigenvalue weighted by Gasteiger charge is -2.10. The predicted molar refractivity (Wildman–Crippen MR) is 52.4 cm³/mol. The third-order valence-electron chi connectivity index (χ3n) is 1.67. The Bertz CT molecular complexity index is 302. The Morgan fingerprint density at radius 3 is 2.86 bits per heavy atom. The largest absolute Gasteiger partial charge is 0.477 e. The van der Waals surface area contributed by atoms with Crippen molar-refractivity contribution in [3.05, 3.63) is 23.6 Å². The van der Waals surface area contributed by atoms with Crippen LogP contribution in [0.15, 0.2) is 12.3 Å². The van der Waals surface area contributed by atoms with E-state index < -0.39 is 0 Å². The third kappa shape index (κ3) is 2.96. The summed E-state index contributed by atoms with van der Waals surface area (Å²) in [5.74, 6) is 0.456. The van der Waals surface area contributed by atoms with E-state index in [-0.39, 0.29) is 12.4 Å². The van der Waals surface area contributed by atoms with Crippen molar-refractivity contribution in [3.63, 3.8) is 0 Å². The van der Waals surface area contributed by atoms with Crippen LogP contribution in [0.2, 0.25) is 0 Å². The Balaban J connectivity index is 2.75. The molecule has 3 nitrogen and oxygen atoms in total. The second-order valence-electron chi connectivity index (χ2n) is 3.53. The Morgan fingerprint density at radius 2 is 2.29 bits per heavy atom. The summed E-state index contributed by atoms with van der Waals surface area (Å²) in [6, 6.07) is 1.35. The van der Waals surface area contributed by atoms with Crippen molar-refractivity contribution in [2.24, 2.45) is 11.7 Å². The van der Waals surface area contributed by atoms with Gasteiger partial charge in [-0.25, -0.2) is 9.37 Å². The minimum atomic E-state index is -0.387. The van der Waals surface area contributed by atoms with Gasteiger partial charge in [-0.2, -0.15) is 0 Å². The molecule has 1 rings (SSSR count). The van der Waals surface area contributed by atoms with E-state index in [0.29, 0.717) is 24.0 Å². The molecule has 0 aliphatic rings. The number of rotatable bonds is 4. The Kier molecular flexibility index (Phi) is 3.83. The topological polar surface area (TPSA) is 48.1 Å². The molecular weight excluding hydrogens is 183 g/mol. The van der Waals surface area contributed by atoms with Crippen molar-refractivity contribution in [2.75, 3.05) is 6.61 Å². The first-order valence-corrected chi connectivity index (χ1v) is 4.60. The van der Waals surface area contributed by atoms with Gasteiger partial charge in [-0.3, -0.25) is 0 Å². The number of ether oxygens (including phenoxy) is 1. The van der Waals surface area contributed by atoms with Crippen LogP contribution < -0.4 is 10.5 Å². The van der Waals surface area contributed by atoms with Gasteiger partial charge in [0.2, 0.25) is 5.88 Å². The van der Waals surface area contributed by atoms with Crippen molar-refractivity contribution in [1.82, 2.24) is 4.98 Å². The average molecular weight is 198 g/mol. The molecule has 0 spiro atoms. The van der Waals surface area contributed by atoms with Gasteiger partial charge < -0.3 is 10.5 Å². The van der Waals surface area contributed by atoms with Crippen LogP contribution in [0, 0.1) is 11.7 Å². The van der Waals surface area contributed by atoms with E-state index in [4.69, 9.17) is 10.5 Å². The summed E-state index contributed by atoms with van der Waals surface area (Å²) in [5, 5.41) is 0. The van der Waals surface area contributed by atoms with Crippen molar-refractivity contribution in [1.29, 1.82) is 0 Å². The molecular formula is C10H15FN2O. The quantitative estimate of drug-likeness (QED) is 0.801. The molecule has 0 fully saturated rings. The zero-order valence-corrected chi connectivity index (χ0v) is 8.46. The summed E-state index contributed by atoms with van der Waals surface area (Å²) in [6.45, 7) is 4.86. The zero-order valence-electron chi connectivity index (χ0n) is 8.46. The first-order chi connectivity index (χ1) is 6.63. The highest BCUT2D eigenvalue weighted by molar-refractivity contribution is 5.25. The summed E-state index contributed by atoms with van der Waals surface area (Å²) < 4.78 is 18.1. The lowest BCUT2D eigenvalue weighted by Crippen LogP contribution is -2.09. The normalized spacial score (nSPS) is 10.6. The summed E-state index contributed by atoms with van der Waals surface area (Å²) >= 11 is 0. The highest BCUT2D eigenvalue weighted by atomic mass is 19.1. The van der Waals surface area contributed by atoms with Crippen LogP contribution in [0.25, 0.3) is 0 Å². The fourth-order valence-electron chi connectivity index (χ4n) is 0.990. The minimum Gasteiger partial charge on any atom is -0.477 e. The molecule has 0 radical (unpaired) electrons. The van der Waals surface area contributed by atoms with Gasteiger partial charge in [0.05, 0.1) is 12.8 Å². The third-order valence-corrected chi connectivity index (χ3v) is 1.67. The molecule has 0 aliphatic carbocycles. The average Bonchev–Trinajstić information content (AvgIpc) is 2.15. The molecule has 0 saturated carbocycles. The van der Waals surface area contributed by atoms with E-state index >= 15 is 0 Å². The van der Waals surface area contributed by atoms with Crippen LogP contribution in [0.5, 0.6) is 5.88 Å². The van der Waals surface area contributed by atoms with Crippen LogP contribution in [0.4, 0.5) is 4.39 Å². The minimum absolute atomic E-state index is 0.234. The number of nitrogens with two attached hydrogens (primary N) is 1. The highest BCUT2D eigenvalue weighted by Gasteiger charge is 2.06. The van der Waals surface area contributed by atoms with Crippen molar-refractivity contribution in [3.8, 4) is 5.88 Å². The number of halogens is 1. The maximum absolute atomic E-state index is 12.8. The molecule has 4 heteroatoms. The SMILES string of the molecule is CC(C)COc1ncc(F)cc1CN. The van der Waals surface area contributed by atoms with E-state index in [9.17, 15) is 4.39 Å². The molecule has 1 aromatic heterocycles. The Labute approximate surface area is 83.1 Å². The summed E-state index contributed by atoms with van der Waals surface area (Å²) in [5.41, 5.74) is 6.04. The number of pyridine rings is 1. The van der Waals surface area contributed by atoms with Crippen molar-refractivity contribution < 1.29 is 9.13 Å². The number of nitrogens with zero attached hydrogens (tertiary/aromatic N) is 1. The van der Waals surface area contributed by atoms with Crippen LogP contribution in [-0.4, -0.2) is 11.6 Å². The molecule has 14 heavy (non-hydrogen) atoms. The van der Waals surface area contributed by atoms with Crippen molar-refractivity contribution in [2.45, 2.75) is 20.4 Å². The molecule has 0 amide bonds. The summed E-state index contributed by atoms with van der Waals surface area (Å²) in [7, 11) is 0. The number of hydrogen-bond acceptors (Lipinski definition) is 3. The molecule has 1 heterocycles. The molecule has 0 unspecified atom stereocenters. The zero-order chi connectivity index (χ0) is 10.6. The van der Waals surface area contributed by atoms with Gasteiger partial charge in [-0.15, -0.1) is 0 Å². The highest BCUT2D eigenvalue weighted by Crippen LogP contribution is 2.15. The van der Waals surface area contributed by atoms with E-state index in [1.165, 1.54) is 6.07 Å². The summed E-state index contributed by atoms with van der Waals surface area (Å²) in [6.07, 6.45) is 1.13. The van der Waals surface area contributed by atoms with E-state index in [2.05, 4.69) is 4.98 Å². The lowest BCUT2D eigenvalue weighted by molar-refractivity contribution is 0.258. The molecule has 0 aromatic carbocycles. The maximum atomic E-state index is 12.8. The molecule has 0 atom stereocenters. The predicted octanol–water partition coefficient (Wildman–Crippen LogP) is 1.71. The second kappa shape index (κ2) is 4.91. The van der Waals surface area contributed by atoms with E-state index in [0.717, 1.165) is 6.20 Å². The van der Waals surface area contributed by atoms with Gasteiger partial charge in [-0.1, -0.05) is 13.8 Å². The fourth-order valence-corrected chi connectivity index (χ4v) is 0.990. The molecule has 0 bridgehead atoms. The van der Waals surface area contributed by atoms with Crippen LogP contribution in [-0.2, 0) is 6.54 Å². The van der Waals surface area contributed by atoms with Gasteiger partial charge in [-0.05, 0) is 12.0 Å². The molecule has 2 N–H and O–H groups in total. The fraction of sp³-hybridized carbons (Fsp3) is 0.500. The number of hydrogen-bond donors (Lipinski definition) is 1. The molecule has 1 aromatic rings. The first-order valence-electron chi connectivity index (χ1n) is 4.60. The first kappa shape index (κ1) is 10.9. The maximum Gasteiger partial charge on any atom is 0.218 e. The van der Waals surface area contributed by atoms with Crippen LogP contribution in [0.3, 0.4) is 0 Å². The van der Waals surface area contributed by atoms with Gasteiger partial charge in [0.15, 0.2) is 0 Å².